The first-order chi connectivity index (χ1) is 13.0. The second kappa shape index (κ2) is 17.8. The molecule has 0 aromatic heterocycles. The van der Waals surface area contributed by atoms with Crippen molar-refractivity contribution >= 4 is 11.9 Å². The van der Waals surface area contributed by atoms with E-state index in [-0.39, 0.29) is 31.3 Å². The zero-order valence-corrected chi connectivity index (χ0v) is 17.3. The molecular formula is C22H38O5. The van der Waals surface area contributed by atoms with Crippen LogP contribution in [0.2, 0.25) is 0 Å². The lowest BCUT2D eigenvalue weighted by atomic mass is 9.98. The number of hydrogen-bond donors (Lipinski definition) is 0. The minimum atomic E-state index is -0.330. The van der Waals surface area contributed by atoms with Crippen molar-refractivity contribution in [1.29, 1.82) is 0 Å². The molecule has 5 nitrogen and oxygen atoms in total. The summed E-state index contributed by atoms with van der Waals surface area (Å²) in [6.45, 7) is 12.2. The summed E-state index contributed by atoms with van der Waals surface area (Å²) in [7, 11) is 0. The first kappa shape index (κ1) is 25.4. The average Bonchev–Trinajstić information content (AvgIpc) is 2.65. The topological polar surface area (TPSA) is 61.8 Å². The molecule has 0 radical (unpaired) electrons. The molecule has 0 aromatic rings. The smallest absolute Gasteiger partial charge is 0.332 e. The first-order valence-electron chi connectivity index (χ1n) is 10.1. The third kappa shape index (κ3) is 17.5. The Morgan fingerprint density at radius 1 is 1.07 bits per heavy atom. The average molecular weight is 383 g/mol. The van der Waals surface area contributed by atoms with Gasteiger partial charge in [0.2, 0.25) is 0 Å². The molecule has 0 heterocycles. The Morgan fingerprint density at radius 3 is 2.37 bits per heavy atom. The monoisotopic (exact) mass is 382 g/mol. The Morgan fingerprint density at radius 2 is 1.78 bits per heavy atom. The highest BCUT2D eigenvalue weighted by Gasteiger charge is 2.16. The Kier molecular flexibility index (Phi) is 16.7. The van der Waals surface area contributed by atoms with Gasteiger partial charge in [0.05, 0.1) is 0 Å². The van der Waals surface area contributed by atoms with Gasteiger partial charge in [-0.25, -0.2) is 4.79 Å². The zero-order valence-electron chi connectivity index (χ0n) is 17.3. The molecule has 1 aliphatic carbocycles. The molecule has 1 saturated carbocycles. The van der Waals surface area contributed by atoms with Gasteiger partial charge in [-0.3, -0.25) is 4.79 Å². The third-order valence-electron chi connectivity index (χ3n) is 4.06. The van der Waals surface area contributed by atoms with E-state index in [1.807, 2.05) is 6.08 Å². The fraction of sp³-hybridized carbons (Fsp3) is 0.727. The van der Waals surface area contributed by atoms with Gasteiger partial charge < -0.3 is 14.2 Å². The minimum Gasteiger partial charge on any atom is -0.462 e. The maximum absolute atomic E-state index is 11.3. The lowest BCUT2D eigenvalue weighted by molar-refractivity contribution is -0.150. The second-order valence-corrected chi connectivity index (χ2v) is 7.14. The molecule has 0 unspecified atom stereocenters. The fourth-order valence-corrected chi connectivity index (χ4v) is 2.49. The molecule has 0 bridgehead atoms. The number of unbranched alkanes of at least 4 members (excludes halogenated alkanes) is 1. The van der Waals surface area contributed by atoms with E-state index in [0.29, 0.717) is 18.9 Å². The molecule has 0 atom stereocenters. The molecule has 0 saturated heterocycles. The molecule has 1 rings (SSSR count). The Hall–Kier alpha value is -1.62. The molecule has 5 heteroatoms. The van der Waals surface area contributed by atoms with E-state index in [9.17, 15) is 9.59 Å². The summed E-state index contributed by atoms with van der Waals surface area (Å²) < 4.78 is 15.2. The molecular weight excluding hydrogens is 344 g/mol. The van der Waals surface area contributed by atoms with Crippen LogP contribution in [0.1, 0.15) is 71.6 Å². The van der Waals surface area contributed by atoms with Crippen LogP contribution in [-0.2, 0) is 23.8 Å². The molecule has 0 N–H and O–H groups in total. The van der Waals surface area contributed by atoms with Gasteiger partial charge in [0.25, 0.3) is 0 Å². The van der Waals surface area contributed by atoms with Crippen molar-refractivity contribution in [2.45, 2.75) is 77.7 Å². The van der Waals surface area contributed by atoms with Gasteiger partial charge in [-0.1, -0.05) is 39.0 Å². The number of carbonyl (C=O) groups is 2. The van der Waals surface area contributed by atoms with Gasteiger partial charge >= 0.3 is 11.9 Å². The van der Waals surface area contributed by atoms with E-state index in [4.69, 9.17) is 14.2 Å². The lowest BCUT2D eigenvalue weighted by Gasteiger charge is -2.21. The molecule has 0 aliphatic heterocycles. The molecule has 1 fully saturated rings. The number of esters is 2. The lowest BCUT2D eigenvalue weighted by Crippen LogP contribution is -2.20. The SMILES string of the molecule is C=CCCCC(=O)OC1CCCCC1.C=CCOC(=O)COCCC(C)C. The fourth-order valence-electron chi connectivity index (χ4n) is 2.49. The summed E-state index contributed by atoms with van der Waals surface area (Å²) in [5, 5.41) is 0. The first-order valence-corrected chi connectivity index (χ1v) is 10.1. The number of carbonyl (C=O) groups excluding carboxylic acids is 2. The van der Waals surface area contributed by atoms with Crippen LogP contribution in [-0.4, -0.2) is 37.9 Å². The van der Waals surface area contributed by atoms with Crippen molar-refractivity contribution < 1.29 is 23.8 Å². The van der Waals surface area contributed by atoms with Crippen LogP contribution >= 0.6 is 0 Å². The van der Waals surface area contributed by atoms with Gasteiger partial charge in [-0.2, -0.15) is 0 Å². The van der Waals surface area contributed by atoms with Crippen molar-refractivity contribution in [2.24, 2.45) is 5.92 Å². The van der Waals surface area contributed by atoms with Crippen molar-refractivity contribution in [3.63, 3.8) is 0 Å². The molecule has 156 valence electrons. The van der Waals surface area contributed by atoms with E-state index >= 15 is 0 Å². The normalized spacial score (nSPS) is 14.0. The third-order valence-corrected chi connectivity index (χ3v) is 4.06. The summed E-state index contributed by atoms with van der Waals surface area (Å²) in [5.41, 5.74) is 0. The van der Waals surface area contributed by atoms with E-state index in [1.165, 1.54) is 25.3 Å². The summed E-state index contributed by atoms with van der Waals surface area (Å²) in [6.07, 6.45) is 12.7. The molecule has 1 aliphatic rings. The Labute approximate surface area is 165 Å². The Bertz CT molecular complexity index is 411. The predicted molar refractivity (Wildman–Crippen MR) is 108 cm³/mol. The van der Waals surface area contributed by atoms with E-state index < -0.39 is 0 Å². The van der Waals surface area contributed by atoms with Crippen molar-refractivity contribution in [1.82, 2.24) is 0 Å². The largest absolute Gasteiger partial charge is 0.462 e. The van der Waals surface area contributed by atoms with Crippen molar-refractivity contribution in [2.75, 3.05) is 19.8 Å². The molecule has 0 aromatic carbocycles. The number of ether oxygens (including phenoxy) is 3. The summed E-state index contributed by atoms with van der Waals surface area (Å²) in [4.78, 5) is 22.2. The molecule has 0 spiro atoms. The van der Waals surface area contributed by atoms with E-state index in [1.54, 1.807) is 0 Å². The Balaban J connectivity index is 0.000000503. The van der Waals surface area contributed by atoms with Crippen LogP contribution in [0.15, 0.2) is 25.3 Å². The highest BCUT2D eigenvalue weighted by molar-refractivity contribution is 5.70. The highest BCUT2D eigenvalue weighted by atomic mass is 16.6. The van der Waals surface area contributed by atoms with Gasteiger partial charge in [0.15, 0.2) is 0 Å². The quantitative estimate of drug-likeness (QED) is 0.270. The van der Waals surface area contributed by atoms with Crippen molar-refractivity contribution in [3.05, 3.63) is 25.3 Å². The predicted octanol–water partition coefficient (Wildman–Crippen LogP) is 5.00. The number of rotatable bonds is 12. The zero-order chi connectivity index (χ0) is 20.3. The molecule has 0 amide bonds. The second-order valence-electron chi connectivity index (χ2n) is 7.14. The summed E-state index contributed by atoms with van der Waals surface area (Å²) >= 11 is 0. The van der Waals surface area contributed by atoms with E-state index in [2.05, 4.69) is 27.0 Å². The number of hydrogen-bond acceptors (Lipinski definition) is 5. The maximum atomic E-state index is 11.3. The summed E-state index contributed by atoms with van der Waals surface area (Å²) in [5.74, 6) is 0.242. The number of allylic oxidation sites excluding steroid dienone is 1. The standard InChI is InChI=1S/C12H20O2.C10H18O3/c1-2-3-5-10-12(13)14-11-8-6-4-7-9-11;1-4-6-13-10(11)8-12-7-5-9(2)3/h2,11H,1,3-10H2;4,9H,1,5-8H2,2-3H3. The van der Waals surface area contributed by atoms with Crippen LogP contribution in [0.4, 0.5) is 0 Å². The van der Waals surface area contributed by atoms with Gasteiger partial charge in [0.1, 0.15) is 19.3 Å². The van der Waals surface area contributed by atoms with Crippen LogP contribution < -0.4 is 0 Å². The van der Waals surface area contributed by atoms with Crippen molar-refractivity contribution in [3.8, 4) is 0 Å². The van der Waals surface area contributed by atoms with Crippen LogP contribution in [0.5, 0.6) is 0 Å². The van der Waals surface area contributed by atoms with Crippen LogP contribution in [0.3, 0.4) is 0 Å². The van der Waals surface area contributed by atoms with Gasteiger partial charge in [-0.05, 0) is 50.9 Å². The molecule has 27 heavy (non-hydrogen) atoms. The van der Waals surface area contributed by atoms with Gasteiger partial charge in [0, 0.05) is 13.0 Å². The minimum absolute atomic E-state index is 0.0289. The van der Waals surface area contributed by atoms with Crippen LogP contribution in [0, 0.1) is 5.92 Å². The van der Waals surface area contributed by atoms with Gasteiger partial charge in [-0.15, -0.1) is 6.58 Å². The van der Waals surface area contributed by atoms with E-state index in [0.717, 1.165) is 32.1 Å². The summed E-state index contributed by atoms with van der Waals surface area (Å²) in [6, 6.07) is 0. The highest BCUT2D eigenvalue weighted by Crippen LogP contribution is 2.20. The maximum Gasteiger partial charge on any atom is 0.332 e. The van der Waals surface area contributed by atoms with Crippen LogP contribution in [0.25, 0.3) is 0 Å².